The number of unbranched alkanes of at least 4 members (excludes halogenated alkanes) is 1. The number of carbonyl (C=O) groups is 2. The first-order chi connectivity index (χ1) is 13.0. The molecular formula is C20H24N2O4S. The number of rotatable bonds is 9. The highest BCUT2D eigenvalue weighted by Gasteiger charge is 2.16. The van der Waals surface area contributed by atoms with E-state index in [0.717, 1.165) is 35.5 Å². The van der Waals surface area contributed by atoms with Crippen LogP contribution in [0.5, 0.6) is 5.75 Å². The fraction of sp³-hybridized carbons (Fsp3) is 0.350. The van der Waals surface area contributed by atoms with E-state index in [1.54, 1.807) is 19.9 Å². The quantitative estimate of drug-likeness (QED) is 0.390. The summed E-state index contributed by atoms with van der Waals surface area (Å²) in [6.45, 7) is 6.56. The largest absolute Gasteiger partial charge is 0.494 e. The van der Waals surface area contributed by atoms with Crippen molar-refractivity contribution >= 4 is 34.4 Å². The SMILES string of the molecule is CCCCOc1ccc(C=CC(=O)Nc2nc(C)c(C(=O)OCC)s2)cc1. The van der Waals surface area contributed by atoms with Gasteiger partial charge < -0.3 is 9.47 Å². The minimum absolute atomic E-state index is 0.295. The van der Waals surface area contributed by atoms with E-state index in [4.69, 9.17) is 9.47 Å². The second kappa shape index (κ2) is 10.5. The van der Waals surface area contributed by atoms with Gasteiger partial charge in [-0.1, -0.05) is 36.8 Å². The van der Waals surface area contributed by atoms with Gasteiger partial charge in [0.05, 0.1) is 18.9 Å². The van der Waals surface area contributed by atoms with Gasteiger partial charge in [-0.05, 0) is 44.0 Å². The Kier molecular flexibility index (Phi) is 8.00. The minimum atomic E-state index is -0.426. The summed E-state index contributed by atoms with van der Waals surface area (Å²) in [5.41, 5.74) is 1.42. The van der Waals surface area contributed by atoms with Crippen molar-refractivity contribution in [2.75, 3.05) is 18.5 Å². The lowest BCUT2D eigenvalue weighted by Gasteiger charge is -2.05. The number of thiazole rings is 1. The molecule has 1 heterocycles. The van der Waals surface area contributed by atoms with Gasteiger partial charge in [0, 0.05) is 6.08 Å². The molecule has 7 heteroatoms. The average Bonchev–Trinajstić information content (AvgIpc) is 3.01. The number of carbonyl (C=O) groups excluding carboxylic acids is 2. The van der Waals surface area contributed by atoms with Crippen LogP contribution in [0, 0.1) is 6.92 Å². The highest BCUT2D eigenvalue weighted by atomic mass is 32.1. The van der Waals surface area contributed by atoms with Gasteiger partial charge in [-0.3, -0.25) is 10.1 Å². The number of aromatic nitrogens is 1. The summed E-state index contributed by atoms with van der Waals surface area (Å²) in [6, 6.07) is 7.53. The summed E-state index contributed by atoms with van der Waals surface area (Å²) in [6.07, 6.45) is 5.25. The fourth-order valence-electron chi connectivity index (χ4n) is 2.16. The Bertz CT molecular complexity index is 797. The molecule has 1 N–H and O–H groups in total. The van der Waals surface area contributed by atoms with Crippen molar-refractivity contribution in [3.63, 3.8) is 0 Å². The van der Waals surface area contributed by atoms with E-state index >= 15 is 0 Å². The molecule has 0 saturated heterocycles. The van der Waals surface area contributed by atoms with E-state index < -0.39 is 5.97 Å². The van der Waals surface area contributed by atoms with Gasteiger partial charge in [0.2, 0.25) is 5.91 Å². The van der Waals surface area contributed by atoms with Gasteiger partial charge in [0.15, 0.2) is 5.13 Å². The Morgan fingerprint density at radius 2 is 1.96 bits per heavy atom. The summed E-state index contributed by atoms with van der Waals surface area (Å²) in [5.74, 6) is 0.0713. The summed E-state index contributed by atoms with van der Waals surface area (Å²) < 4.78 is 10.6. The van der Waals surface area contributed by atoms with Crippen molar-refractivity contribution in [2.45, 2.75) is 33.6 Å². The molecule has 0 fully saturated rings. The molecule has 0 radical (unpaired) electrons. The standard InChI is InChI=1S/C20H24N2O4S/c1-4-6-13-26-16-10-7-15(8-11-16)9-12-17(23)22-20-21-14(3)18(27-20)19(24)25-5-2/h7-12H,4-6,13H2,1-3H3,(H,21,22,23). The minimum Gasteiger partial charge on any atom is -0.494 e. The maximum atomic E-state index is 12.1. The normalized spacial score (nSPS) is 10.8. The van der Waals surface area contributed by atoms with Crippen molar-refractivity contribution in [2.24, 2.45) is 0 Å². The van der Waals surface area contributed by atoms with Crippen LogP contribution in [0.15, 0.2) is 30.3 Å². The Hall–Kier alpha value is -2.67. The first-order valence-corrected chi connectivity index (χ1v) is 9.71. The Balaban J connectivity index is 1.91. The number of nitrogens with one attached hydrogen (secondary N) is 1. The molecule has 1 aromatic heterocycles. The lowest BCUT2D eigenvalue weighted by atomic mass is 10.2. The molecule has 0 atom stereocenters. The topological polar surface area (TPSA) is 77.5 Å². The van der Waals surface area contributed by atoms with Gasteiger partial charge >= 0.3 is 5.97 Å². The Morgan fingerprint density at radius 3 is 2.63 bits per heavy atom. The van der Waals surface area contributed by atoms with Gasteiger partial charge in [-0.15, -0.1) is 0 Å². The lowest BCUT2D eigenvalue weighted by molar-refractivity contribution is -0.111. The number of aryl methyl sites for hydroxylation is 1. The van der Waals surface area contributed by atoms with E-state index in [9.17, 15) is 9.59 Å². The Morgan fingerprint density at radius 1 is 1.22 bits per heavy atom. The molecule has 0 spiro atoms. The Labute approximate surface area is 163 Å². The van der Waals surface area contributed by atoms with Crippen LogP contribution < -0.4 is 10.1 Å². The second-order valence-electron chi connectivity index (χ2n) is 5.75. The molecule has 144 valence electrons. The summed E-state index contributed by atoms with van der Waals surface area (Å²) in [5, 5.41) is 3.03. The molecule has 6 nitrogen and oxygen atoms in total. The van der Waals surface area contributed by atoms with E-state index in [-0.39, 0.29) is 5.91 Å². The second-order valence-corrected chi connectivity index (χ2v) is 6.75. The fourth-order valence-corrected chi connectivity index (χ4v) is 3.03. The van der Waals surface area contributed by atoms with Crippen LogP contribution in [0.25, 0.3) is 6.08 Å². The van der Waals surface area contributed by atoms with Crippen LogP contribution in [0.2, 0.25) is 0 Å². The van der Waals surface area contributed by atoms with Gasteiger partial charge in [-0.25, -0.2) is 9.78 Å². The lowest BCUT2D eigenvalue weighted by Crippen LogP contribution is -2.07. The van der Waals surface area contributed by atoms with E-state index in [2.05, 4.69) is 17.2 Å². The van der Waals surface area contributed by atoms with Crippen LogP contribution in [0.4, 0.5) is 5.13 Å². The predicted molar refractivity (Wildman–Crippen MR) is 107 cm³/mol. The third-order valence-corrected chi connectivity index (χ3v) is 4.61. The zero-order valence-corrected chi connectivity index (χ0v) is 16.6. The number of anilines is 1. The average molecular weight is 388 g/mol. The van der Waals surface area contributed by atoms with Crippen molar-refractivity contribution in [1.29, 1.82) is 0 Å². The number of esters is 1. The van der Waals surface area contributed by atoms with Crippen molar-refractivity contribution in [1.82, 2.24) is 4.98 Å². The maximum Gasteiger partial charge on any atom is 0.350 e. The van der Waals surface area contributed by atoms with Crippen LogP contribution in [0.1, 0.15) is 47.6 Å². The summed E-state index contributed by atoms with van der Waals surface area (Å²) in [7, 11) is 0. The molecule has 2 rings (SSSR count). The third kappa shape index (κ3) is 6.53. The molecule has 2 aromatic rings. The van der Waals surface area contributed by atoms with Crippen LogP contribution in [0.3, 0.4) is 0 Å². The molecular weight excluding hydrogens is 364 g/mol. The molecule has 1 amide bonds. The van der Waals surface area contributed by atoms with Crippen LogP contribution in [-0.2, 0) is 9.53 Å². The van der Waals surface area contributed by atoms with Gasteiger partial charge in [0.25, 0.3) is 0 Å². The number of amides is 1. The summed E-state index contributed by atoms with van der Waals surface area (Å²) in [4.78, 5) is 28.5. The molecule has 0 aliphatic rings. The molecule has 0 bridgehead atoms. The van der Waals surface area contributed by atoms with E-state index in [0.29, 0.717) is 28.9 Å². The van der Waals surface area contributed by atoms with Crippen LogP contribution in [-0.4, -0.2) is 30.1 Å². The number of nitrogens with zero attached hydrogens (tertiary/aromatic N) is 1. The van der Waals surface area contributed by atoms with Crippen LogP contribution >= 0.6 is 11.3 Å². The van der Waals surface area contributed by atoms with E-state index in [1.165, 1.54) is 6.08 Å². The molecule has 0 unspecified atom stereocenters. The smallest absolute Gasteiger partial charge is 0.350 e. The number of hydrogen-bond acceptors (Lipinski definition) is 6. The molecule has 0 aliphatic heterocycles. The molecule has 0 aliphatic carbocycles. The van der Waals surface area contributed by atoms with Gasteiger partial charge in [-0.2, -0.15) is 0 Å². The van der Waals surface area contributed by atoms with Crippen molar-refractivity contribution in [3.05, 3.63) is 46.5 Å². The zero-order valence-electron chi connectivity index (χ0n) is 15.8. The molecule has 27 heavy (non-hydrogen) atoms. The third-order valence-electron chi connectivity index (χ3n) is 3.56. The first-order valence-electron chi connectivity index (χ1n) is 8.90. The molecule has 0 saturated carbocycles. The van der Waals surface area contributed by atoms with E-state index in [1.807, 2.05) is 24.3 Å². The van der Waals surface area contributed by atoms with Gasteiger partial charge in [0.1, 0.15) is 10.6 Å². The first kappa shape index (κ1) is 20.6. The molecule has 1 aromatic carbocycles. The highest BCUT2D eigenvalue weighted by molar-refractivity contribution is 7.17. The number of hydrogen-bond donors (Lipinski definition) is 1. The highest BCUT2D eigenvalue weighted by Crippen LogP contribution is 2.23. The zero-order chi connectivity index (χ0) is 19.6. The van der Waals surface area contributed by atoms with Crippen molar-refractivity contribution in [3.8, 4) is 5.75 Å². The summed E-state index contributed by atoms with van der Waals surface area (Å²) >= 11 is 1.10. The van der Waals surface area contributed by atoms with Crippen molar-refractivity contribution < 1.29 is 19.1 Å². The predicted octanol–water partition coefficient (Wildman–Crippen LogP) is 4.46. The number of ether oxygens (including phenoxy) is 2. The number of benzene rings is 1. The maximum absolute atomic E-state index is 12.1. The monoisotopic (exact) mass is 388 g/mol.